The predicted octanol–water partition coefficient (Wildman–Crippen LogP) is 1.06. The van der Waals surface area contributed by atoms with Crippen molar-refractivity contribution in [2.75, 3.05) is 13.1 Å². The van der Waals surface area contributed by atoms with Gasteiger partial charge in [-0.15, -0.1) is 11.3 Å². The summed E-state index contributed by atoms with van der Waals surface area (Å²) in [6.45, 7) is 6.30. The molecule has 2 N–H and O–H groups in total. The minimum absolute atomic E-state index is 0.0950. The van der Waals surface area contributed by atoms with E-state index in [2.05, 4.69) is 19.2 Å². The number of thiophene rings is 1. The van der Waals surface area contributed by atoms with Crippen LogP contribution in [0.4, 0.5) is 0 Å². The summed E-state index contributed by atoms with van der Waals surface area (Å²) in [4.78, 5) is 13.3. The van der Waals surface area contributed by atoms with E-state index in [0.29, 0.717) is 5.92 Å². The summed E-state index contributed by atoms with van der Waals surface area (Å²) in [6, 6.07) is 3.92. The highest BCUT2D eigenvalue weighted by Crippen LogP contribution is 2.20. The van der Waals surface area contributed by atoms with Crippen LogP contribution in [0.5, 0.6) is 0 Å². The summed E-state index contributed by atoms with van der Waals surface area (Å²) in [5.41, 5.74) is 0. The van der Waals surface area contributed by atoms with Gasteiger partial charge in [0.2, 0.25) is 5.91 Å². The van der Waals surface area contributed by atoms with Crippen molar-refractivity contribution >= 4 is 27.5 Å². The van der Waals surface area contributed by atoms with E-state index in [1.165, 1.54) is 4.88 Å². The number of nitrogens with zero attached hydrogens (tertiary/aromatic N) is 1. The van der Waals surface area contributed by atoms with E-state index in [9.17, 15) is 13.2 Å². The van der Waals surface area contributed by atoms with Crippen LogP contribution in [0.2, 0.25) is 0 Å². The highest BCUT2D eigenvalue weighted by Gasteiger charge is 2.33. The number of carbonyl (C=O) groups excluding carboxylic acids is 1. The quantitative estimate of drug-likeness (QED) is 0.732. The molecular weight excluding hydrogens is 310 g/mol. The summed E-state index contributed by atoms with van der Waals surface area (Å²) in [5.74, 6) is 0.212. The first-order chi connectivity index (χ1) is 9.87. The van der Waals surface area contributed by atoms with Crippen LogP contribution >= 0.6 is 11.3 Å². The van der Waals surface area contributed by atoms with Gasteiger partial charge in [-0.1, -0.05) is 13.8 Å². The normalized spacial score (nSPS) is 18.3. The van der Waals surface area contributed by atoms with Gasteiger partial charge < -0.3 is 5.32 Å². The van der Waals surface area contributed by atoms with Crippen LogP contribution in [0.1, 0.15) is 30.0 Å². The lowest BCUT2D eigenvalue weighted by molar-refractivity contribution is -0.118. The van der Waals surface area contributed by atoms with E-state index in [1.807, 2.05) is 16.9 Å². The maximum absolute atomic E-state index is 11.6. The molecule has 1 aromatic heterocycles. The molecule has 21 heavy (non-hydrogen) atoms. The summed E-state index contributed by atoms with van der Waals surface area (Å²) in [5, 5.41) is 3.38. The van der Waals surface area contributed by atoms with E-state index in [0.717, 1.165) is 28.7 Å². The largest absolute Gasteiger partial charge is 0.312 e. The van der Waals surface area contributed by atoms with E-state index in [1.54, 1.807) is 11.3 Å². The third-order valence-corrected chi connectivity index (χ3v) is 5.64. The Bertz CT molecular complexity index is 596. The van der Waals surface area contributed by atoms with Crippen LogP contribution in [0.15, 0.2) is 12.1 Å². The van der Waals surface area contributed by atoms with Gasteiger partial charge in [-0.2, -0.15) is 12.7 Å². The Kier molecular flexibility index (Phi) is 5.37. The van der Waals surface area contributed by atoms with Crippen molar-refractivity contribution in [3.05, 3.63) is 21.9 Å². The zero-order valence-electron chi connectivity index (χ0n) is 12.3. The second-order valence-corrected chi connectivity index (χ2v) is 8.45. The molecule has 0 atom stereocenters. The summed E-state index contributed by atoms with van der Waals surface area (Å²) < 4.78 is 26.4. The van der Waals surface area contributed by atoms with Crippen molar-refractivity contribution < 1.29 is 13.2 Å². The highest BCUT2D eigenvalue weighted by atomic mass is 32.2. The molecule has 1 aliphatic heterocycles. The van der Waals surface area contributed by atoms with Gasteiger partial charge in [-0.05, 0) is 31.0 Å². The van der Waals surface area contributed by atoms with E-state index >= 15 is 0 Å². The maximum Gasteiger partial charge on any atom is 0.304 e. The Labute approximate surface area is 129 Å². The molecule has 0 unspecified atom stereocenters. The van der Waals surface area contributed by atoms with Gasteiger partial charge in [0.05, 0.1) is 13.1 Å². The van der Waals surface area contributed by atoms with Gasteiger partial charge in [-0.3, -0.25) is 4.79 Å². The molecule has 2 rings (SSSR count). The molecule has 6 nitrogen and oxygen atoms in total. The third-order valence-electron chi connectivity index (χ3n) is 3.15. The SMILES string of the molecule is CC(C)CCNCc1ccc(CN2CC(=O)NS2(=O)=O)s1. The Balaban J connectivity index is 1.84. The van der Waals surface area contributed by atoms with Gasteiger partial charge in [0.1, 0.15) is 0 Å². The molecule has 1 aliphatic rings. The van der Waals surface area contributed by atoms with Crippen LogP contribution in [-0.4, -0.2) is 31.7 Å². The lowest BCUT2D eigenvalue weighted by Crippen LogP contribution is -2.28. The van der Waals surface area contributed by atoms with Crippen LogP contribution < -0.4 is 10.0 Å². The Hall–Kier alpha value is -0.960. The van der Waals surface area contributed by atoms with Gasteiger partial charge in [-0.25, -0.2) is 4.72 Å². The van der Waals surface area contributed by atoms with Crippen molar-refractivity contribution in [2.45, 2.75) is 33.4 Å². The van der Waals surface area contributed by atoms with Crippen molar-refractivity contribution in [1.82, 2.24) is 14.3 Å². The van der Waals surface area contributed by atoms with Crippen molar-refractivity contribution in [2.24, 2.45) is 5.92 Å². The van der Waals surface area contributed by atoms with E-state index < -0.39 is 16.1 Å². The van der Waals surface area contributed by atoms with Crippen LogP contribution in [0.25, 0.3) is 0 Å². The molecule has 1 saturated heterocycles. The second kappa shape index (κ2) is 6.87. The molecule has 0 radical (unpaired) electrons. The monoisotopic (exact) mass is 331 g/mol. The van der Waals surface area contributed by atoms with Crippen LogP contribution in [-0.2, 0) is 28.1 Å². The molecule has 118 valence electrons. The van der Waals surface area contributed by atoms with Gasteiger partial charge >= 0.3 is 10.2 Å². The molecule has 1 fully saturated rings. The van der Waals surface area contributed by atoms with E-state index in [-0.39, 0.29) is 13.1 Å². The molecule has 8 heteroatoms. The summed E-state index contributed by atoms with van der Waals surface area (Å²) in [7, 11) is -3.63. The predicted molar refractivity (Wildman–Crippen MR) is 83.0 cm³/mol. The molecule has 0 aromatic carbocycles. The fourth-order valence-electron chi connectivity index (χ4n) is 2.01. The zero-order chi connectivity index (χ0) is 15.5. The number of nitrogens with one attached hydrogen (secondary N) is 2. The van der Waals surface area contributed by atoms with Gasteiger partial charge in [0.15, 0.2) is 0 Å². The van der Waals surface area contributed by atoms with Gasteiger partial charge in [0, 0.05) is 16.3 Å². The average Bonchev–Trinajstić information content (AvgIpc) is 2.90. The molecule has 1 amide bonds. The standard InChI is InChI=1S/C13H21N3O3S2/c1-10(2)5-6-14-7-11-3-4-12(20-11)8-16-9-13(17)15-21(16,18)19/h3-4,10,14H,5-9H2,1-2H3,(H,15,17). The first kappa shape index (κ1) is 16.4. The first-order valence-electron chi connectivity index (χ1n) is 6.96. The van der Waals surface area contributed by atoms with Crippen LogP contribution in [0.3, 0.4) is 0 Å². The Morgan fingerprint density at radius 2 is 2.10 bits per heavy atom. The minimum atomic E-state index is -3.63. The fraction of sp³-hybridized carbons (Fsp3) is 0.615. The molecule has 2 heterocycles. The Morgan fingerprint density at radius 1 is 1.38 bits per heavy atom. The lowest BCUT2D eigenvalue weighted by atomic mass is 10.1. The molecule has 0 saturated carbocycles. The summed E-state index contributed by atoms with van der Waals surface area (Å²) >= 11 is 1.57. The molecule has 0 bridgehead atoms. The summed E-state index contributed by atoms with van der Waals surface area (Å²) in [6.07, 6.45) is 1.14. The van der Waals surface area contributed by atoms with Crippen LogP contribution in [0, 0.1) is 5.92 Å². The second-order valence-electron chi connectivity index (χ2n) is 5.53. The number of rotatable bonds is 7. The Morgan fingerprint density at radius 3 is 2.71 bits per heavy atom. The van der Waals surface area contributed by atoms with Gasteiger partial charge in [0.25, 0.3) is 0 Å². The lowest BCUT2D eigenvalue weighted by Gasteiger charge is -2.10. The molecule has 1 aromatic rings. The number of hydrogen-bond acceptors (Lipinski definition) is 5. The first-order valence-corrected chi connectivity index (χ1v) is 9.21. The molecule has 0 spiro atoms. The average molecular weight is 331 g/mol. The fourth-order valence-corrected chi connectivity index (χ4v) is 4.17. The number of carbonyl (C=O) groups is 1. The smallest absolute Gasteiger partial charge is 0.304 e. The maximum atomic E-state index is 11.6. The van der Waals surface area contributed by atoms with Crippen molar-refractivity contribution in [3.8, 4) is 0 Å². The number of hydrogen-bond donors (Lipinski definition) is 2. The van der Waals surface area contributed by atoms with Crippen molar-refractivity contribution in [3.63, 3.8) is 0 Å². The highest BCUT2D eigenvalue weighted by molar-refractivity contribution is 7.88. The van der Waals surface area contributed by atoms with Crippen molar-refractivity contribution in [1.29, 1.82) is 0 Å². The third kappa shape index (κ3) is 4.77. The number of amides is 1. The zero-order valence-corrected chi connectivity index (χ0v) is 13.9. The molecular formula is C13H21N3O3S2. The van der Waals surface area contributed by atoms with E-state index in [4.69, 9.17) is 0 Å². The topological polar surface area (TPSA) is 78.5 Å². The minimum Gasteiger partial charge on any atom is -0.312 e. The molecule has 0 aliphatic carbocycles.